The van der Waals surface area contributed by atoms with Crippen molar-refractivity contribution in [1.82, 2.24) is 5.32 Å². The number of halogens is 1. The second-order valence-corrected chi connectivity index (χ2v) is 8.76. The van der Waals surface area contributed by atoms with Crippen molar-refractivity contribution in [3.63, 3.8) is 0 Å². The summed E-state index contributed by atoms with van der Waals surface area (Å²) >= 11 is 5.98. The minimum Gasteiger partial charge on any atom is -0.355 e. The average Bonchev–Trinajstić information content (AvgIpc) is 2.62. The van der Waals surface area contributed by atoms with E-state index in [1.54, 1.807) is 19.9 Å². The van der Waals surface area contributed by atoms with E-state index >= 15 is 0 Å². The molecule has 2 amide bonds. The molecule has 2 aromatic carbocycles. The Kier molecular flexibility index (Phi) is 6.05. The highest BCUT2D eigenvalue weighted by molar-refractivity contribution is 7.92. The van der Waals surface area contributed by atoms with Crippen molar-refractivity contribution >= 4 is 38.9 Å². The summed E-state index contributed by atoms with van der Waals surface area (Å²) in [5, 5.41) is 4.86. The first-order valence-electron chi connectivity index (χ1n) is 7.83. The molecule has 0 unspecified atom stereocenters. The van der Waals surface area contributed by atoms with Crippen LogP contribution in [0.4, 0.5) is 5.69 Å². The quantitative estimate of drug-likeness (QED) is 0.814. The maximum absolute atomic E-state index is 12.4. The third-order valence-corrected chi connectivity index (χ3v) is 6.26. The van der Waals surface area contributed by atoms with Crippen LogP contribution >= 0.6 is 11.6 Å². The van der Waals surface area contributed by atoms with Crippen molar-refractivity contribution in [1.29, 1.82) is 0 Å². The molecule has 2 rings (SSSR count). The molecule has 0 aliphatic rings. The fraction of sp³-hybridized carbons (Fsp3) is 0.222. The molecule has 0 aliphatic heterocycles. The number of carbonyl (C=O) groups excluding carboxylic acids is 2. The molecule has 6 nitrogen and oxygen atoms in total. The third kappa shape index (κ3) is 4.23. The van der Waals surface area contributed by atoms with Crippen LogP contribution in [0.25, 0.3) is 0 Å². The van der Waals surface area contributed by atoms with Gasteiger partial charge in [-0.3, -0.25) is 9.59 Å². The van der Waals surface area contributed by atoms with E-state index in [9.17, 15) is 18.0 Å². The van der Waals surface area contributed by atoms with Crippen LogP contribution in [-0.4, -0.2) is 32.5 Å². The molecule has 0 aromatic heterocycles. The first-order chi connectivity index (χ1) is 12.2. The minimum atomic E-state index is -3.39. The van der Waals surface area contributed by atoms with E-state index in [1.165, 1.54) is 43.4 Å². The Morgan fingerprint density at radius 1 is 1.00 bits per heavy atom. The molecule has 0 saturated carbocycles. The molecule has 0 heterocycles. The molecule has 2 aromatic rings. The van der Waals surface area contributed by atoms with Crippen molar-refractivity contribution in [2.45, 2.75) is 24.0 Å². The van der Waals surface area contributed by atoms with Gasteiger partial charge in [0, 0.05) is 18.3 Å². The minimum absolute atomic E-state index is 0.164. The van der Waals surface area contributed by atoms with Gasteiger partial charge >= 0.3 is 0 Å². The summed E-state index contributed by atoms with van der Waals surface area (Å²) in [5.41, 5.74) is 0.936. The summed E-state index contributed by atoms with van der Waals surface area (Å²) in [6.45, 7) is 3.20. The van der Waals surface area contributed by atoms with Gasteiger partial charge in [-0.2, -0.15) is 0 Å². The lowest BCUT2D eigenvalue weighted by Gasteiger charge is -2.10. The average molecular weight is 395 g/mol. The predicted octanol–water partition coefficient (Wildman–Crippen LogP) is 3.13. The molecule has 8 heteroatoms. The Labute approximate surface area is 157 Å². The van der Waals surface area contributed by atoms with Crippen LogP contribution in [0.15, 0.2) is 47.4 Å². The number of amides is 2. The SMILES string of the molecule is CNC(=O)c1cc(NC(=O)c2ccc(S(=O)(=O)C(C)C)cc2)ccc1Cl. The predicted molar refractivity (Wildman–Crippen MR) is 102 cm³/mol. The number of hydrogen-bond acceptors (Lipinski definition) is 4. The highest BCUT2D eigenvalue weighted by Crippen LogP contribution is 2.22. The summed E-state index contributed by atoms with van der Waals surface area (Å²) in [6, 6.07) is 10.3. The molecular formula is C18H19ClN2O4S. The first-order valence-corrected chi connectivity index (χ1v) is 9.76. The molecule has 0 atom stereocenters. The standard InChI is InChI=1S/C18H19ClN2O4S/c1-11(2)26(24,25)14-7-4-12(5-8-14)17(22)21-13-6-9-16(19)15(10-13)18(23)20-3/h4-11H,1-3H3,(H,20,23)(H,21,22). The molecule has 0 bridgehead atoms. The number of benzene rings is 2. The lowest BCUT2D eigenvalue weighted by atomic mass is 10.1. The van der Waals surface area contributed by atoms with E-state index < -0.39 is 21.0 Å². The fourth-order valence-electron chi connectivity index (χ4n) is 2.18. The lowest BCUT2D eigenvalue weighted by molar-refractivity contribution is 0.0961. The number of sulfone groups is 1. The van der Waals surface area contributed by atoms with E-state index in [2.05, 4.69) is 10.6 Å². The van der Waals surface area contributed by atoms with Crippen LogP contribution in [0.1, 0.15) is 34.6 Å². The normalized spacial score (nSPS) is 11.3. The van der Waals surface area contributed by atoms with Crippen LogP contribution in [0.3, 0.4) is 0 Å². The van der Waals surface area contributed by atoms with Crippen LogP contribution in [0.2, 0.25) is 5.02 Å². The number of carbonyl (C=O) groups is 2. The summed E-state index contributed by atoms with van der Waals surface area (Å²) < 4.78 is 24.2. The molecule has 0 aliphatic carbocycles. The number of rotatable bonds is 5. The zero-order valence-corrected chi connectivity index (χ0v) is 16.1. The molecule has 0 radical (unpaired) electrons. The van der Waals surface area contributed by atoms with E-state index in [0.717, 1.165) is 0 Å². The first kappa shape index (κ1) is 19.9. The Bertz CT molecular complexity index is 938. The van der Waals surface area contributed by atoms with Crippen LogP contribution < -0.4 is 10.6 Å². The van der Waals surface area contributed by atoms with Crippen molar-refractivity contribution < 1.29 is 18.0 Å². The molecule has 0 saturated heterocycles. The smallest absolute Gasteiger partial charge is 0.255 e. The third-order valence-electron chi connectivity index (χ3n) is 3.76. The van der Waals surface area contributed by atoms with Gasteiger partial charge in [0.05, 0.1) is 20.7 Å². The Morgan fingerprint density at radius 2 is 1.62 bits per heavy atom. The van der Waals surface area contributed by atoms with Gasteiger partial charge in [-0.05, 0) is 56.3 Å². The maximum atomic E-state index is 12.4. The van der Waals surface area contributed by atoms with Gasteiger partial charge in [-0.15, -0.1) is 0 Å². The Hall–Kier alpha value is -2.38. The van der Waals surface area contributed by atoms with E-state index in [1.807, 2.05) is 0 Å². The van der Waals surface area contributed by atoms with E-state index in [4.69, 9.17) is 11.6 Å². The van der Waals surface area contributed by atoms with Crippen molar-refractivity contribution in [2.24, 2.45) is 0 Å². The topological polar surface area (TPSA) is 92.3 Å². The van der Waals surface area contributed by atoms with Crippen molar-refractivity contribution in [2.75, 3.05) is 12.4 Å². The summed E-state index contributed by atoms with van der Waals surface area (Å²) in [5.74, 6) is -0.794. The molecule has 2 N–H and O–H groups in total. The van der Waals surface area contributed by atoms with Gasteiger partial charge in [-0.1, -0.05) is 11.6 Å². The second kappa shape index (κ2) is 7.88. The number of anilines is 1. The van der Waals surface area contributed by atoms with Gasteiger partial charge in [0.25, 0.3) is 11.8 Å². The number of nitrogens with one attached hydrogen (secondary N) is 2. The molecule has 0 spiro atoms. The van der Waals surface area contributed by atoms with Gasteiger partial charge in [-0.25, -0.2) is 8.42 Å². The lowest BCUT2D eigenvalue weighted by Crippen LogP contribution is -2.19. The van der Waals surface area contributed by atoms with Gasteiger partial charge in [0.2, 0.25) is 0 Å². The second-order valence-electron chi connectivity index (χ2n) is 5.85. The zero-order chi connectivity index (χ0) is 19.5. The van der Waals surface area contributed by atoms with Crippen LogP contribution in [-0.2, 0) is 9.84 Å². The maximum Gasteiger partial charge on any atom is 0.255 e. The summed E-state index contributed by atoms with van der Waals surface area (Å²) in [4.78, 5) is 24.3. The molecule has 0 fully saturated rings. The number of hydrogen-bond donors (Lipinski definition) is 2. The monoisotopic (exact) mass is 394 g/mol. The molecular weight excluding hydrogens is 376 g/mol. The van der Waals surface area contributed by atoms with Gasteiger partial charge < -0.3 is 10.6 Å². The molecule has 138 valence electrons. The van der Waals surface area contributed by atoms with Crippen molar-refractivity contribution in [3.05, 3.63) is 58.6 Å². The van der Waals surface area contributed by atoms with Crippen LogP contribution in [0, 0.1) is 0 Å². The van der Waals surface area contributed by atoms with Crippen LogP contribution in [0.5, 0.6) is 0 Å². The van der Waals surface area contributed by atoms with Crippen molar-refractivity contribution in [3.8, 4) is 0 Å². The highest BCUT2D eigenvalue weighted by Gasteiger charge is 2.19. The fourth-order valence-corrected chi connectivity index (χ4v) is 3.45. The van der Waals surface area contributed by atoms with Gasteiger partial charge in [0.15, 0.2) is 9.84 Å². The highest BCUT2D eigenvalue weighted by atomic mass is 35.5. The Morgan fingerprint density at radius 3 is 2.15 bits per heavy atom. The largest absolute Gasteiger partial charge is 0.355 e. The zero-order valence-electron chi connectivity index (χ0n) is 14.5. The summed E-state index contributed by atoms with van der Waals surface area (Å²) in [6.07, 6.45) is 0. The Balaban J connectivity index is 2.22. The van der Waals surface area contributed by atoms with Gasteiger partial charge in [0.1, 0.15) is 0 Å². The molecule has 26 heavy (non-hydrogen) atoms. The van der Waals surface area contributed by atoms with E-state index in [0.29, 0.717) is 11.3 Å². The van der Waals surface area contributed by atoms with E-state index in [-0.39, 0.29) is 21.4 Å². The summed E-state index contributed by atoms with van der Waals surface area (Å²) in [7, 11) is -1.91.